The molecule has 2 aromatic rings. The molecule has 1 aromatic carbocycles. The number of hydrogen-bond donors (Lipinski definition) is 1. The molecule has 0 radical (unpaired) electrons. The number of piperidine rings is 1. The normalized spacial score (nSPS) is 19.0. The minimum Gasteiger partial charge on any atom is -0.215 e. The van der Waals surface area contributed by atoms with Gasteiger partial charge in [0.05, 0.1) is 5.75 Å². The summed E-state index contributed by atoms with van der Waals surface area (Å²) in [5, 5.41) is 2.24. The summed E-state index contributed by atoms with van der Waals surface area (Å²) in [7, 11) is -7.05. The lowest BCUT2D eigenvalue weighted by Crippen LogP contribution is -2.45. The Morgan fingerprint density at radius 2 is 1.96 bits per heavy atom. The predicted octanol–water partition coefficient (Wildman–Crippen LogP) is 3.45. The van der Waals surface area contributed by atoms with E-state index < -0.39 is 20.0 Å². The molecule has 1 aliphatic rings. The number of rotatable bonds is 8. The second-order valence-electron chi connectivity index (χ2n) is 6.77. The lowest BCUT2D eigenvalue weighted by atomic mass is 10.0. The topological polar surface area (TPSA) is 83.6 Å². The molecule has 1 fully saturated rings. The van der Waals surface area contributed by atoms with Crippen molar-refractivity contribution in [2.45, 2.75) is 41.7 Å². The summed E-state index contributed by atoms with van der Waals surface area (Å²) in [6, 6.07) is 9.87. The lowest BCUT2D eigenvalue weighted by molar-refractivity contribution is 0.242. The van der Waals surface area contributed by atoms with Gasteiger partial charge < -0.3 is 0 Å². The van der Waals surface area contributed by atoms with Crippen molar-refractivity contribution in [2.24, 2.45) is 0 Å². The third kappa shape index (κ3) is 5.55. The fourth-order valence-corrected chi connectivity index (χ4v) is 7.59. The van der Waals surface area contributed by atoms with E-state index in [2.05, 4.69) is 4.72 Å². The Bertz CT molecular complexity index is 992. The van der Waals surface area contributed by atoms with Crippen LogP contribution in [0.25, 0.3) is 0 Å². The van der Waals surface area contributed by atoms with Gasteiger partial charge in [0, 0.05) is 24.2 Å². The van der Waals surface area contributed by atoms with Gasteiger partial charge in [0.15, 0.2) is 0 Å². The molecule has 0 amide bonds. The van der Waals surface area contributed by atoms with Gasteiger partial charge in [0.1, 0.15) is 4.21 Å². The number of nitrogens with zero attached hydrogens (tertiary/aromatic N) is 1. The number of sulfonamides is 2. The standard InChI is InChI=1S/C18H23ClN2O4S3/c19-16-6-3-5-15(13-16)14-27(22,23)20-10-9-17-7-1-2-11-21(17)28(24,25)18-8-4-12-26-18/h3-6,8,12-13,17,20H,1-2,7,9-11,14H2. The van der Waals surface area contributed by atoms with Gasteiger partial charge in [-0.25, -0.2) is 21.6 Å². The summed E-state index contributed by atoms with van der Waals surface area (Å²) in [4.78, 5) is 0. The molecule has 10 heteroatoms. The Hall–Kier alpha value is -0.970. The molecular formula is C18H23ClN2O4S3. The highest BCUT2D eigenvalue weighted by Crippen LogP contribution is 2.29. The highest BCUT2D eigenvalue weighted by atomic mass is 35.5. The summed E-state index contributed by atoms with van der Waals surface area (Å²) in [6.45, 7) is 0.671. The fraction of sp³-hybridized carbons (Fsp3) is 0.444. The monoisotopic (exact) mass is 462 g/mol. The van der Waals surface area contributed by atoms with Crippen LogP contribution in [0.5, 0.6) is 0 Å². The van der Waals surface area contributed by atoms with Crippen molar-refractivity contribution in [1.82, 2.24) is 9.03 Å². The summed E-state index contributed by atoms with van der Waals surface area (Å²) >= 11 is 7.11. The number of halogens is 1. The first-order valence-corrected chi connectivity index (χ1v) is 13.4. The molecule has 28 heavy (non-hydrogen) atoms. The van der Waals surface area contributed by atoms with Gasteiger partial charge in [-0.1, -0.05) is 36.2 Å². The second-order valence-corrected chi connectivity index (χ2v) is 12.1. The van der Waals surface area contributed by atoms with Gasteiger partial charge in [-0.05, 0) is 48.4 Å². The van der Waals surface area contributed by atoms with Crippen molar-refractivity contribution in [3.63, 3.8) is 0 Å². The third-order valence-electron chi connectivity index (χ3n) is 4.68. The number of hydrogen-bond acceptors (Lipinski definition) is 5. The molecule has 1 atom stereocenters. The maximum absolute atomic E-state index is 12.9. The molecule has 0 aliphatic carbocycles. The quantitative estimate of drug-likeness (QED) is 0.651. The Morgan fingerprint density at radius 3 is 2.68 bits per heavy atom. The highest BCUT2D eigenvalue weighted by molar-refractivity contribution is 7.91. The third-order valence-corrected chi connectivity index (χ3v) is 9.59. The molecule has 1 aliphatic heterocycles. The summed E-state index contributed by atoms with van der Waals surface area (Å²) in [5.41, 5.74) is 0.611. The number of thiophene rings is 1. The average molecular weight is 463 g/mol. The maximum atomic E-state index is 12.9. The van der Waals surface area contributed by atoms with Crippen LogP contribution in [0.3, 0.4) is 0 Å². The lowest BCUT2D eigenvalue weighted by Gasteiger charge is -2.34. The van der Waals surface area contributed by atoms with Gasteiger partial charge in [0.25, 0.3) is 10.0 Å². The predicted molar refractivity (Wildman–Crippen MR) is 113 cm³/mol. The molecular weight excluding hydrogens is 440 g/mol. The van der Waals surface area contributed by atoms with Crippen LogP contribution in [-0.2, 0) is 25.8 Å². The van der Waals surface area contributed by atoms with E-state index >= 15 is 0 Å². The van der Waals surface area contributed by atoms with E-state index in [-0.39, 0.29) is 18.3 Å². The molecule has 1 unspecified atom stereocenters. The summed E-state index contributed by atoms with van der Waals surface area (Å²) in [5.74, 6) is -0.157. The largest absolute Gasteiger partial charge is 0.252 e. The molecule has 3 rings (SSSR count). The SMILES string of the molecule is O=S(=O)(Cc1cccc(Cl)c1)NCCC1CCCCN1S(=O)(=O)c1cccs1. The van der Waals surface area contributed by atoms with Crippen molar-refractivity contribution in [1.29, 1.82) is 0 Å². The average Bonchev–Trinajstić information content (AvgIpc) is 3.17. The van der Waals surface area contributed by atoms with Crippen LogP contribution in [0.15, 0.2) is 46.0 Å². The van der Waals surface area contributed by atoms with Crippen molar-refractivity contribution >= 4 is 43.0 Å². The molecule has 6 nitrogen and oxygen atoms in total. The molecule has 2 heterocycles. The first-order chi connectivity index (χ1) is 13.3. The van der Waals surface area contributed by atoms with Gasteiger partial charge in [-0.2, -0.15) is 4.31 Å². The molecule has 0 bridgehead atoms. The Kier molecular flexibility index (Phi) is 7.17. The first kappa shape index (κ1) is 21.7. The molecule has 154 valence electrons. The summed E-state index contributed by atoms with van der Waals surface area (Å²) in [6.07, 6.45) is 2.94. The number of nitrogens with one attached hydrogen (secondary N) is 1. The van der Waals surface area contributed by atoms with E-state index in [0.29, 0.717) is 27.8 Å². The first-order valence-electron chi connectivity index (χ1n) is 9.05. The van der Waals surface area contributed by atoms with E-state index in [9.17, 15) is 16.8 Å². The minimum atomic E-state index is -3.53. The molecule has 1 aromatic heterocycles. The van der Waals surface area contributed by atoms with Crippen LogP contribution < -0.4 is 4.72 Å². The molecule has 1 saturated heterocycles. The molecule has 1 N–H and O–H groups in total. The van der Waals surface area contributed by atoms with Crippen molar-refractivity contribution in [2.75, 3.05) is 13.1 Å². The maximum Gasteiger partial charge on any atom is 0.252 e. The highest BCUT2D eigenvalue weighted by Gasteiger charge is 2.33. The molecule has 0 saturated carbocycles. The number of benzene rings is 1. The van der Waals surface area contributed by atoms with Gasteiger partial charge in [-0.15, -0.1) is 11.3 Å². The van der Waals surface area contributed by atoms with Gasteiger partial charge in [0.2, 0.25) is 10.0 Å². The fourth-order valence-electron chi connectivity index (χ4n) is 3.38. The zero-order chi connectivity index (χ0) is 20.2. The van der Waals surface area contributed by atoms with Crippen LogP contribution >= 0.6 is 22.9 Å². The summed E-state index contributed by atoms with van der Waals surface area (Å²) < 4.78 is 54.9. The Morgan fingerprint density at radius 1 is 1.14 bits per heavy atom. The van der Waals surface area contributed by atoms with E-state index in [0.717, 1.165) is 19.3 Å². The van der Waals surface area contributed by atoms with Crippen LogP contribution in [0.2, 0.25) is 5.02 Å². The van der Waals surface area contributed by atoms with Gasteiger partial charge in [-0.3, -0.25) is 0 Å². The van der Waals surface area contributed by atoms with E-state index in [1.54, 1.807) is 41.8 Å². The van der Waals surface area contributed by atoms with E-state index in [4.69, 9.17) is 11.6 Å². The van der Waals surface area contributed by atoms with E-state index in [1.807, 2.05) is 0 Å². The Labute approximate surface area is 175 Å². The van der Waals surface area contributed by atoms with Crippen molar-refractivity contribution < 1.29 is 16.8 Å². The zero-order valence-electron chi connectivity index (χ0n) is 15.3. The smallest absolute Gasteiger partial charge is 0.215 e. The van der Waals surface area contributed by atoms with Crippen LogP contribution in [0.1, 0.15) is 31.2 Å². The minimum absolute atomic E-state index is 0.157. The van der Waals surface area contributed by atoms with Crippen LogP contribution in [0.4, 0.5) is 0 Å². The molecule has 0 spiro atoms. The van der Waals surface area contributed by atoms with Crippen LogP contribution in [-0.4, -0.2) is 40.3 Å². The van der Waals surface area contributed by atoms with Crippen LogP contribution in [0, 0.1) is 0 Å². The van der Waals surface area contributed by atoms with Crippen molar-refractivity contribution in [3.8, 4) is 0 Å². The van der Waals surface area contributed by atoms with Gasteiger partial charge >= 0.3 is 0 Å². The van der Waals surface area contributed by atoms with E-state index in [1.165, 1.54) is 15.6 Å². The van der Waals surface area contributed by atoms with Crippen molar-refractivity contribution in [3.05, 3.63) is 52.4 Å². The zero-order valence-corrected chi connectivity index (χ0v) is 18.5. The second kappa shape index (κ2) is 9.23. The Balaban J connectivity index is 1.61.